The maximum atomic E-state index is 13.9. The van der Waals surface area contributed by atoms with E-state index in [4.69, 9.17) is 53.6 Å². The largest absolute Gasteiger partial charge is 0.478 e. The van der Waals surface area contributed by atoms with E-state index in [1.165, 1.54) is 42.3 Å². The van der Waals surface area contributed by atoms with Crippen LogP contribution in [0.5, 0.6) is 0 Å². The molecule has 0 bridgehead atoms. The molecule has 0 saturated carbocycles. The van der Waals surface area contributed by atoms with Crippen LogP contribution in [0.15, 0.2) is 161 Å². The van der Waals surface area contributed by atoms with Crippen molar-refractivity contribution in [3.8, 4) is 22.3 Å². The first-order valence-corrected chi connectivity index (χ1v) is 25.9. The van der Waals surface area contributed by atoms with E-state index in [0.717, 1.165) is 6.39 Å². The zero-order valence-corrected chi connectivity index (χ0v) is 44.1. The number of para-hydroxylation sites is 1. The molecule has 0 radical (unpaired) electrons. The fraction of sp³-hybridized carbons (Fsp3) is 0. The summed E-state index contributed by atoms with van der Waals surface area (Å²) in [6.45, 7) is 0. The fourth-order valence-electron chi connectivity index (χ4n) is 9.35. The van der Waals surface area contributed by atoms with Gasteiger partial charge in [0.05, 0.1) is 109 Å². The summed E-state index contributed by atoms with van der Waals surface area (Å²) < 4.78 is 10.9. The Hall–Kier alpha value is -10.4. The summed E-state index contributed by atoms with van der Waals surface area (Å²) in [5.41, 5.74) is 4.17. The molecule has 0 aliphatic heterocycles. The van der Waals surface area contributed by atoms with Gasteiger partial charge < -0.3 is 56.1 Å². The average Bonchev–Trinajstić information content (AvgIpc) is 4.37. The van der Waals surface area contributed by atoms with Crippen molar-refractivity contribution in [2.75, 3.05) is 31.9 Å². The Morgan fingerprint density at radius 3 is 1.62 bits per heavy atom. The normalized spacial score (nSPS) is 11.2. The number of carbonyl (C=O) groups is 3. The fourth-order valence-corrected chi connectivity index (χ4v) is 10.5. The molecular weight excluding hydrogens is 1120 g/mol. The minimum absolute atomic E-state index is 0.0347. The third-order valence-electron chi connectivity index (χ3n) is 12.7. The summed E-state index contributed by atoms with van der Waals surface area (Å²) in [6, 6.07) is 27.6. The lowest BCUT2D eigenvalue weighted by atomic mass is 9.94. The van der Waals surface area contributed by atoms with E-state index in [0.29, 0.717) is 60.1 Å². The van der Waals surface area contributed by atoms with E-state index in [1.54, 1.807) is 109 Å². The van der Waals surface area contributed by atoms with Crippen molar-refractivity contribution in [3.05, 3.63) is 184 Å². The number of carboxylic acids is 3. The highest BCUT2D eigenvalue weighted by molar-refractivity contribution is 7.13. The molecule has 25 heteroatoms. The van der Waals surface area contributed by atoms with Gasteiger partial charge in [0.15, 0.2) is 5.13 Å². The van der Waals surface area contributed by atoms with E-state index < -0.39 is 17.9 Å². The zero-order chi connectivity index (χ0) is 55.9. The van der Waals surface area contributed by atoms with Gasteiger partial charge in [0.2, 0.25) is 6.39 Å². The number of hydrogen-bond donors (Lipinski definition) is 9. The van der Waals surface area contributed by atoms with E-state index in [-0.39, 0.29) is 94.9 Å². The highest BCUT2D eigenvalue weighted by atomic mass is 35.5. The molecule has 0 unspecified atom stereocenters. The summed E-state index contributed by atoms with van der Waals surface area (Å²) in [4.78, 5) is 62.8. The Labute approximate surface area is 474 Å². The third-order valence-corrected chi connectivity index (χ3v) is 14.1. The Bertz CT molecular complexity index is 4480. The van der Waals surface area contributed by atoms with Crippen LogP contribution >= 0.6 is 46.1 Å². The number of nitrogens with zero attached hydrogens (tertiary/aromatic N) is 7. The number of oxazole rings is 1. The molecule has 0 amide bonds. The lowest BCUT2D eigenvalue weighted by Crippen LogP contribution is -2.09. The van der Waals surface area contributed by atoms with Crippen LogP contribution in [0.4, 0.5) is 68.3 Å². The van der Waals surface area contributed by atoms with Gasteiger partial charge >= 0.3 is 23.9 Å². The number of aromatic carboxylic acids is 3. The maximum Gasteiger partial charge on any atom is 0.338 e. The van der Waals surface area contributed by atoms with Crippen molar-refractivity contribution in [3.63, 3.8) is 0 Å². The second kappa shape index (κ2) is 21.4. The van der Waals surface area contributed by atoms with E-state index >= 15 is 0 Å². The van der Waals surface area contributed by atoms with Gasteiger partial charge in [0, 0.05) is 65.1 Å². The Balaban J connectivity index is 1.01. The number of anilines is 12. The van der Waals surface area contributed by atoms with Crippen molar-refractivity contribution >= 4 is 165 Å². The number of carboxylic acid groups (broad SMARTS) is 3. The van der Waals surface area contributed by atoms with Gasteiger partial charge in [-0.2, -0.15) is 0 Å². The molecule has 21 nitrogen and oxygen atoms in total. The van der Waals surface area contributed by atoms with E-state index in [1.807, 2.05) is 5.38 Å². The van der Waals surface area contributed by atoms with Crippen LogP contribution in [0.1, 0.15) is 31.1 Å². The molecule has 398 valence electrons. The minimum atomic E-state index is -1.36. The van der Waals surface area contributed by atoms with Crippen molar-refractivity contribution in [2.45, 2.75) is 0 Å². The zero-order valence-electron chi connectivity index (χ0n) is 41.0. The van der Waals surface area contributed by atoms with Crippen LogP contribution in [0.2, 0.25) is 15.1 Å². The van der Waals surface area contributed by atoms with Crippen LogP contribution in [-0.4, -0.2) is 68.3 Å². The number of hydrogen-bond acceptors (Lipinski definition) is 19. The molecule has 6 aromatic carbocycles. The van der Waals surface area contributed by atoms with Crippen molar-refractivity contribution in [2.24, 2.45) is 0 Å². The highest BCUT2D eigenvalue weighted by Crippen LogP contribution is 2.46. The number of benzene rings is 6. The second-order valence-electron chi connectivity index (χ2n) is 17.6. The molecular formula is C56H34Cl3N13O8S. The van der Waals surface area contributed by atoms with Gasteiger partial charge in [-0.1, -0.05) is 76.3 Å². The van der Waals surface area contributed by atoms with Gasteiger partial charge in [-0.25, -0.2) is 24.4 Å². The molecule has 0 atom stereocenters. The average molecular weight is 1160 g/mol. The molecule has 0 fully saturated rings. The van der Waals surface area contributed by atoms with Gasteiger partial charge in [0.1, 0.15) is 6.26 Å². The molecule has 0 spiro atoms. The maximum absolute atomic E-state index is 13.9. The first-order chi connectivity index (χ1) is 39.3. The minimum Gasteiger partial charge on any atom is -0.478 e. The number of nitrogens with one attached hydrogen (secondary N) is 6. The van der Waals surface area contributed by atoms with Crippen LogP contribution in [0.25, 0.3) is 55.0 Å². The first kappa shape index (κ1) is 51.4. The molecule has 6 aromatic heterocycles. The molecule has 0 aliphatic rings. The molecule has 12 rings (SSSR count). The molecule has 81 heavy (non-hydrogen) atoms. The van der Waals surface area contributed by atoms with Crippen LogP contribution < -0.4 is 31.9 Å². The summed E-state index contributed by atoms with van der Waals surface area (Å²) in [7, 11) is 0. The SMILES string of the molecule is O=C(O)c1ccccc1Nc1c(Nc2ncco2)cnc2c(-c3cccc(Nc4c(Nc5nnco5)cnc5c(-c6cccc(Nc7c(Nc8nccs8)cnc8ccc(Cl)cc78)c6C(=O)O)cc(Cl)cc45)c3C(=O)O)cc(Cl)cc12. The summed E-state index contributed by atoms with van der Waals surface area (Å²) in [6.07, 6.45) is 10.1. The predicted octanol–water partition coefficient (Wildman–Crippen LogP) is 15.0. The number of rotatable bonds is 17. The van der Waals surface area contributed by atoms with Gasteiger partial charge in [-0.05, 0) is 66.7 Å². The Morgan fingerprint density at radius 2 is 1.05 bits per heavy atom. The first-order valence-electron chi connectivity index (χ1n) is 23.9. The number of halogens is 3. The summed E-state index contributed by atoms with van der Waals surface area (Å²) >= 11 is 21.9. The molecule has 0 aliphatic carbocycles. The topological polar surface area (TPSA) is 301 Å². The predicted molar refractivity (Wildman–Crippen MR) is 311 cm³/mol. The third kappa shape index (κ3) is 10.1. The Morgan fingerprint density at radius 1 is 0.481 bits per heavy atom. The standard InChI is InChI=1S/C56H34Cl3N13O8S/c57-26-11-12-37-34(17-26)48(43(22-62-37)71-56-61-14-16-81-56)67-39-9-3-6-29(44(39)52(75)76)33-19-28(59)21-36-47(33)64-24-42(70-55-72-65-25-80-55)50(36)68-40-10-4-7-30(45(40)53(77)78)32-18-27(58)20-35-46(32)63-23-41(69-54-60-13-15-79-54)49(35)66-38-8-2-1-5-31(38)51(73)74/h1-25H,(H,60,69)(H,61,71)(H,62,67)(H,63,66)(H,64,68)(H,70,72)(H,73,74)(H,75,76)(H,77,78). The number of aromatic nitrogens is 7. The number of fused-ring (bicyclic) bond motifs is 3. The smallest absolute Gasteiger partial charge is 0.338 e. The molecule has 9 N–H and O–H groups in total. The number of thiazole rings is 1. The van der Waals surface area contributed by atoms with Gasteiger partial charge in [-0.15, -0.1) is 16.4 Å². The van der Waals surface area contributed by atoms with Crippen molar-refractivity contribution < 1.29 is 38.5 Å². The quantitative estimate of drug-likeness (QED) is 0.0409. The molecule has 12 aromatic rings. The van der Waals surface area contributed by atoms with Gasteiger partial charge in [0.25, 0.3) is 6.01 Å². The summed E-state index contributed by atoms with van der Waals surface area (Å²) in [5, 5.41) is 64.1. The Kier molecular flexibility index (Phi) is 13.6. The van der Waals surface area contributed by atoms with E-state index in [2.05, 4.69) is 57.1 Å². The lowest BCUT2D eigenvalue weighted by molar-refractivity contribution is 0.0687. The molecule has 6 heterocycles. The number of pyridine rings is 3. The lowest BCUT2D eigenvalue weighted by Gasteiger charge is -2.21. The van der Waals surface area contributed by atoms with Crippen LogP contribution in [0, 0.1) is 0 Å². The van der Waals surface area contributed by atoms with Crippen LogP contribution in [-0.2, 0) is 0 Å². The molecule has 0 saturated heterocycles. The summed E-state index contributed by atoms with van der Waals surface area (Å²) in [5.74, 6) is -3.83. The van der Waals surface area contributed by atoms with Crippen LogP contribution in [0.3, 0.4) is 0 Å². The highest BCUT2D eigenvalue weighted by Gasteiger charge is 2.27. The van der Waals surface area contributed by atoms with Crippen molar-refractivity contribution in [1.82, 2.24) is 35.1 Å². The van der Waals surface area contributed by atoms with Gasteiger partial charge in [-0.3, -0.25) is 15.0 Å². The van der Waals surface area contributed by atoms with Crippen molar-refractivity contribution in [1.29, 1.82) is 0 Å². The second-order valence-corrected chi connectivity index (χ2v) is 19.8. The van der Waals surface area contributed by atoms with E-state index in [9.17, 15) is 29.7 Å². The monoisotopic (exact) mass is 1150 g/mol.